The molecule has 2 aromatic rings. The highest BCUT2D eigenvalue weighted by Crippen LogP contribution is 2.30. The van der Waals surface area contributed by atoms with Gasteiger partial charge in [-0.25, -0.2) is 9.97 Å². The molecule has 0 unspecified atom stereocenters. The molecule has 6 heteroatoms. The minimum atomic E-state index is -0.0162. The molecule has 0 bridgehead atoms. The smallest absolute Gasteiger partial charge is 0.258 e. The van der Waals surface area contributed by atoms with Gasteiger partial charge in [-0.3, -0.25) is 9.78 Å². The van der Waals surface area contributed by atoms with Gasteiger partial charge in [0.25, 0.3) is 5.91 Å². The Morgan fingerprint density at radius 1 is 1.29 bits per heavy atom. The van der Waals surface area contributed by atoms with E-state index in [0.717, 1.165) is 11.3 Å². The van der Waals surface area contributed by atoms with E-state index in [9.17, 15) is 4.79 Å². The first kappa shape index (κ1) is 13.5. The van der Waals surface area contributed by atoms with E-state index in [1.807, 2.05) is 43.0 Å². The van der Waals surface area contributed by atoms with Gasteiger partial charge in [-0.2, -0.15) is 0 Å². The van der Waals surface area contributed by atoms with Gasteiger partial charge in [0.2, 0.25) is 5.95 Å². The fourth-order valence-corrected chi connectivity index (χ4v) is 2.44. The summed E-state index contributed by atoms with van der Waals surface area (Å²) in [4.78, 5) is 28.9. The van der Waals surface area contributed by atoms with Gasteiger partial charge in [0.05, 0.1) is 23.8 Å². The number of hydrogen-bond acceptors (Lipinski definition) is 5. The van der Waals surface area contributed by atoms with Gasteiger partial charge in [-0.15, -0.1) is 0 Å². The molecule has 0 saturated heterocycles. The molecule has 1 aliphatic rings. The minimum absolute atomic E-state index is 0.0142. The molecule has 1 aliphatic heterocycles. The van der Waals surface area contributed by atoms with Crippen LogP contribution < -0.4 is 4.90 Å². The first-order chi connectivity index (χ1) is 10.1. The summed E-state index contributed by atoms with van der Waals surface area (Å²) in [6.07, 6.45) is 5.10. The van der Waals surface area contributed by atoms with Gasteiger partial charge < -0.3 is 9.80 Å². The number of pyridine rings is 1. The Morgan fingerprint density at radius 2 is 2.00 bits per heavy atom. The third-order valence-electron chi connectivity index (χ3n) is 3.72. The van der Waals surface area contributed by atoms with Crippen LogP contribution in [0.3, 0.4) is 0 Å². The maximum Gasteiger partial charge on any atom is 0.258 e. The highest BCUT2D eigenvalue weighted by molar-refractivity contribution is 5.97. The van der Waals surface area contributed by atoms with Crippen LogP contribution in [0.2, 0.25) is 0 Å². The molecule has 6 nitrogen and oxygen atoms in total. The Hall–Kier alpha value is -2.50. The third-order valence-corrected chi connectivity index (χ3v) is 3.72. The molecule has 0 radical (unpaired) electrons. The summed E-state index contributed by atoms with van der Waals surface area (Å²) in [5.41, 5.74) is 2.45. The third kappa shape index (κ3) is 2.33. The molecule has 1 atom stereocenters. The summed E-state index contributed by atoms with van der Waals surface area (Å²) >= 11 is 0. The van der Waals surface area contributed by atoms with Crippen LogP contribution in [0.4, 0.5) is 5.95 Å². The van der Waals surface area contributed by atoms with E-state index in [4.69, 9.17) is 0 Å². The Bertz CT molecular complexity index is 671. The average Bonchev–Trinajstić information content (AvgIpc) is 2.84. The van der Waals surface area contributed by atoms with Gasteiger partial charge >= 0.3 is 0 Å². The van der Waals surface area contributed by atoms with Crippen LogP contribution in [0.1, 0.15) is 34.6 Å². The average molecular weight is 283 g/mol. The Balaban J connectivity index is 1.90. The Labute approximate surface area is 123 Å². The first-order valence-electron chi connectivity index (χ1n) is 6.82. The maximum absolute atomic E-state index is 12.5. The predicted octanol–water partition coefficient (Wildman–Crippen LogP) is 1.65. The van der Waals surface area contributed by atoms with Gasteiger partial charge in [0.1, 0.15) is 0 Å². The van der Waals surface area contributed by atoms with Crippen molar-refractivity contribution in [3.05, 3.63) is 47.5 Å². The molecule has 0 aromatic carbocycles. The molecule has 21 heavy (non-hydrogen) atoms. The van der Waals surface area contributed by atoms with Gasteiger partial charge in [-0.1, -0.05) is 0 Å². The number of rotatable bonds is 3. The lowest BCUT2D eigenvalue weighted by Crippen LogP contribution is -2.27. The summed E-state index contributed by atoms with van der Waals surface area (Å²) in [6.45, 7) is 2.53. The number of anilines is 1. The number of carbonyl (C=O) groups excluding carboxylic acids is 1. The van der Waals surface area contributed by atoms with E-state index in [1.54, 1.807) is 18.6 Å². The highest BCUT2D eigenvalue weighted by atomic mass is 16.2. The lowest BCUT2D eigenvalue weighted by molar-refractivity contribution is 0.0715. The molecule has 0 spiro atoms. The zero-order valence-corrected chi connectivity index (χ0v) is 12.3. The lowest BCUT2D eigenvalue weighted by atomic mass is 10.1. The zero-order valence-electron chi connectivity index (χ0n) is 12.3. The van der Waals surface area contributed by atoms with E-state index in [2.05, 4.69) is 15.0 Å². The molecular formula is C15H17N5O. The molecule has 0 aliphatic carbocycles. The van der Waals surface area contributed by atoms with Crippen molar-refractivity contribution < 1.29 is 4.79 Å². The predicted molar refractivity (Wildman–Crippen MR) is 78.9 cm³/mol. The van der Waals surface area contributed by atoms with Crippen LogP contribution in [0.5, 0.6) is 0 Å². The number of carbonyl (C=O) groups is 1. The van der Waals surface area contributed by atoms with Crippen LogP contribution in [-0.4, -0.2) is 39.9 Å². The van der Waals surface area contributed by atoms with Crippen LogP contribution in [0, 0.1) is 0 Å². The molecule has 0 N–H and O–H groups in total. The number of fused-ring (bicyclic) bond motifs is 1. The molecule has 3 rings (SSSR count). The largest absolute Gasteiger partial charge is 0.347 e. The summed E-state index contributed by atoms with van der Waals surface area (Å²) in [5, 5.41) is 0. The lowest BCUT2D eigenvalue weighted by Gasteiger charge is -2.24. The highest BCUT2D eigenvalue weighted by Gasteiger charge is 2.33. The second-order valence-corrected chi connectivity index (χ2v) is 5.31. The van der Waals surface area contributed by atoms with Crippen molar-refractivity contribution in [3.8, 4) is 0 Å². The quantitative estimate of drug-likeness (QED) is 0.857. The second-order valence-electron chi connectivity index (χ2n) is 5.31. The van der Waals surface area contributed by atoms with E-state index < -0.39 is 0 Å². The summed E-state index contributed by atoms with van der Waals surface area (Å²) in [5.74, 6) is 0.611. The summed E-state index contributed by atoms with van der Waals surface area (Å²) < 4.78 is 0. The van der Waals surface area contributed by atoms with E-state index in [1.165, 1.54) is 0 Å². The van der Waals surface area contributed by atoms with Crippen LogP contribution in [0.25, 0.3) is 0 Å². The van der Waals surface area contributed by atoms with Crippen molar-refractivity contribution in [1.82, 2.24) is 19.9 Å². The molecule has 0 saturated carbocycles. The molecule has 1 amide bonds. The van der Waals surface area contributed by atoms with E-state index in [-0.39, 0.29) is 11.9 Å². The second kappa shape index (κ2) is 5.12. The molecule has 108 valence electrons. The van der Waals surface area contributed by atoms with Crippen LogP contribution in [0.15, 0.2) is 30.7 Å². The van der Waals surface area contributed by atoms with Gasteiger partial charge in [0.15, 0.2) is 0 Å². The Kier molecular flexibility index (Phi) is 3.29. The van der Waals surface area contributed by atoms with Crippen molar-refractivity contribution in [1.29, 1.82) is 0 Å². The molecule has 0 fully saturated rings. The number of aromatic nitrogens is 3. The maximum atomic E-state index is 12.5. The van der Waals surface area contributed by atoms with Crippen molar-refractivity contribution in [2.24, 2.45) is 0 Å². The van der Waals surface area contributed by atoms with E-state index >= 15 is 0 Å². The fraction of sp³-hybridized carbons (Fsp3) is 0.333. The Morgan fingerprint density at radius 3 is 2.67 bits per heavy atom. The van der Waals surface area contributed by atoms with Gasteiger partial charge in [-0.05, 0) is 24.6 Å². The number of amides is 1. The zero-order chi connectivity index (χ0) is 15.0. The first-order valence-corrected chi connectivity index (χ1v) is 6.82. The van der Waals surface area contributed by atoms with E-state index in [0.29, 0.717) is 18.1 Å². The summed E-state index contributed by atoms with van der Waals surface area (Å²) in [6, 6.07) is 3.84. The standard InChI is InChI=1S/C15H17N5O/c1-10(11-4-6-16-7-5-11)20-9-13-12(14(20)21)8-17-15(18-13)19(2)3/h4-8,10H,9H2,1-3H3/t10-/m0/s1. The van der Waals surface area contributed by atoms with Crippen molar-refractivity contribution in [2.45, 2.75) is 19.5 Å². The van der Waals surface area contributed by atoms with Crippen molar-refractivity contribution in [3.63, 3.8) is 0 Å². The summed E-state index contributed by atoms with van der Waals surface area (Å²) in [7, 11) is 3.77. The molecule has 3 heterocycles. The van der Waals surface area contributed by atoms with Crippen molar-refractivity contribution in [2.75, 3.05) is 19.0 Å². The minimum Gasteiger partial charge on any atom is -0.347 e. The molecular weight excluding hydrogens is 266 g/mol. The number of nitrogens with zero attached hydrogens (tertiary/aromatic N) is 5. The van der Waals surface area contributed by atoms with Crippen molar-refractivity contribution >= 4 is 11.9 Å². The van der Waals surface area contributed by atoms with Gasteiger partial charge in [0, 0.05) is 32.7 Å². The fourth-order valence-electron chi connectivity index (χ4n) is 2.44. The monoisotopic (exact) mass is 283 g/mol. The number of hydrogen-bond donors (Lipinski definition) is 0. The van der Waals surface area contributed by atoms with Crippen LogP contribution >= 0.6 is 0 Å². The SMILES string of the molecule is C[C@@H](c1ccncc1)N1Cc2nc(N(C)C)ncc2C1=O. The van der Waals surface area contributed by atoms with Crippen LogP contribution in [-0.2, 0) is 6.54 Å². The molecule has 2 aromatic heterocycles. The normalized spacial score (nSPS) is 15.0. The topological polar surface area (TPSA) is 62.2 Å².